The number of hydrogen-bond acceptors (Lipinski definition) is 4. The molecule has 2 aromatic carbocycles. The number of rotatable bonds is 2. The van der Waals surface area contributed by atoms with Crippen LogP contribution in [-0.2, 0) is 13.1 Å². The molecule has 6 nitrogen and oxygen atoms in total. The van der Waals surface area contributed by atoms with Gasteiger partial charge in [-0.15, -0.1) is 0 Å². The quantitative estimate of drug-likeness (QED) is 0.582. The summed E-state index contributed by atoms with van der Waals surface area (Å²) in [5.41, 5.74) is 2.91. The number of carbonyl (C=O) groups excluding carboxylic acids is 1. The number of ether oxygens (including phenoxy) is 1. The molecule has 31 heavy (non-hydrogen) atoms. The summed E-state index contributed by atoms with van der Waals surface area (Å²) in [7, 11) is 0. The third kappa shape index (κ3) is 4.22. The van der Waals surface area contributed by atoms with Gasteiger partial charge in [0.2, 0.25) is 0 Å². The number of aromatic nitrogens is 1. The summed E-state index contributed by atoms with van der Waals surface area (Å²) < 4.78 is 6.12. The zero-order valence-corrected chi connectivity index (χ0v) is 17.8. The highest BCUT2D eigenvalue weighted by Gasteiger charge is 2.30. The van der Waals surface area contributed by atoms with Crippen molar-refractivity contribution in [1.82, 2.24) is 14.8 Å². The Kier molecular flexibility index (Phi) is 5.49. The number of urea groups is 1. The predicted molar refractivity (Wildman–Crippen MR) is 121 cm³/mol. The lowest BCUT2D eigenvalue weighted by Crippen LogP contribution is -2.52. The molecular formula is C24H23ClN4O2. The highest BCUT2D eigenvalue weighted by atomic mass is 35.5. The Morgan fingerprint density at radius 2 is 1.74 bits per heavy atom. The fourth-order valence-electron chi connectivity index (χ4n) is 4.08. The molecule has 2 aliphatic rings. The normalized spacial score (nSPS) is 16.2. The van der Waals surface area contributed by atoms with Crippen LogP contribution in [0.4, 0.5) is 10.5 Å². The highest BCUT2D eigenvalue weighted by molar-refractivity contribution is 6.31. The second-order valence-electron chi connectivity index (χ2n) is 7.81. The smallest absolute Gasteiger partial charge is 0.325 e. The number of halogens is 1. The van der Waals surface area contributed by atoms with E-state index in [-0.39, 0.29) is 6.03 Å². The Morgan fingerprint density at radius 1 is 0.968 bits per heavy atom. The molecule has 1 fully saturated rings. The molecule has 2 amide bonds. The van der Waals surface area contributed by atoms with Crippen LogP contribution in [0.15, 0.2) is 67.0 Å². The van der Waals surface area contributed by atoms with Crippen molar-refractivity contribution in [3.63, 3.8) is 0 Å². The zero-order valence-electron chi connectivity index (χ0n) is 17.1. The second-order valence-corrected chi connectivity index (χ2v) is 8.25. The van der Waals surface area contributed by atoms with Crippen LogP contribution in [-0.4, -0.2) is 47.0 Å². The number of para-hydroxylation sites is 1. The Morgan fingerprint density at radius 3 is 2.55 bits per heavy atom. The van der Waals surface area contributed by atoms with Crippen LogP contribution >= 0.6 is 11.6 Å². The Labute approximate surface area is 186 Å². The molecule has 0 bridgehead atoms. The van der Waals surface area contributed by atoms with E-state index < -0.39 is 0 Å². The standard InChI is InChI=1S/C24H23ClN4O2/c25-20-5-6-23-21(15-20)29(17-19-3-1-2-4-22(19)31-23)24(30)28-13-11-27(12-14-28)16-18-7-9-26-10-8-18/h1-10,15H,11-14,16-17H2. The number of anilines is 1. The van der Waals surface area contributed by atoms with Crippen LogP contribution in [0.1, 0.15) is 11.1 Å². The van der Waals surface area contributed by atoms with Crippen LogP contribution in [0.25, 0.3) is 0 Å². The van der Waals surface area contributed by atoms with E-state index in [1.54, 1.807) is 17.0 Å². The number of amides is 2. The molecule has 7 heteroatoms. The van der Waals surface area contributed by atoms with Gasteiger partial charge in [0.25, 0.3) is 0 Å². The van der Waals surface area contributed by atoms with Crippen LogP contribution in [0.5, 0.6) is 11.5 Å². The third-order valence-electron chi connectivity index (χ3n) is 5.76. The van der Waals surface area contributed by atoms with Crippen molar-refractivity contribution >= 4 is 23.3 Å². The number of fused-ring (bicyclic) bond motifs is 2. The molecule has 1 saturated heterocycles. The number of hydrogen-bond donors (Lipinski definition) is 0. The second kappa shape index (κ2) is 8.57. The van der Waals surface area contributed by atoms with Crippen molar-refractivity contribution in [2.24, 2.45) is 0 Å². The van der Waals surface area contributed by atoms with E-state index in [2.05, 4.69) is 9.88 Å². The molecule has 0 saturated carbocycles. The Hall–Kier alpha value is -3.09. The molecular weight excluding hydrogens is 412 g/mol. The van der Waals surface area contributed by atoms with Crippen molar-refractivity contribution in [3.8, 4) is 11.5 Å². The lowest BCUT2D eigenvalue weighted by molar-refractivity contribution is 0.139. The minimum Gasteiger partial charge on any atom is -0.455 e. The largest absolute Gasteiger partial charge is 0.455 e. The monoisotopic (exact) mass is 434 g/mol. The number of piperazine rings is 1. The van der Waals surface area contributed by atoms with Crippen molar-refractivity contribution in [3.05, 3.63) is 83.1 Å². The molecule has 0 N–H and O–H groups in total. The van der Waals surface area contributed by atoms with Crippen molar-refractivity contribution in [2.75, 3.05) is 31.1 Å². The van der Waals surface area contributed by atoms with E-state index in [1.165, 1.54) is 5.56 Å². The van der Waals surface area contributed by atoms with Gasteiger partial charge >= 0.3 is 6.03 Å². The van der Waals surface area contributed by atoms with Gasteiger partial charge in [-0.3, -0.25) is 14.8 Å². The van der Waals surface area contributed by atoms with Gasteiger partial charge < -0.3 is 9.64 Å². The summed E-state index contributed by atoms with van der Waals surface area (Å²) in [6.07, 6.45) is 3.63. The molecule has 0 unspecified atom stereocenters. The number of carbonyl (C=O) groups is 1. The summed E-state index contributed by atoms with van der Waals surface area (Å²) in [6.45, 7) is 4.33. The maximum Gasteiger partial charge on any atom is 0.325 e. The molecule has 2 aliphatic heterocycles. The lowest BCUT2D eigenvalue weighted by atomic mass is 10.2. The first-order chi connectivity index (χ1) is 15.2. The van der Waals surface area contributed by atoms with E-state index in [4.69, 9.17) is 16.3 Å². The van der Waals surface area contributed by atoms with Gasteiger partial charge in [-0.2, -0.15) is 0 Å². The van der Waals surface area contributed by atoms with Crippen molar-refractivity contribution in [2.45, 2.75) is 13.1 Å². The van der Waals surface area contributed by atoms with Crippen molar-refractivity contribution < 1.29 is 9.53 Å². The van der Waals surface area contributed by atoms with Gasteiger partial charge in [-0.05, 0) is 42.0 Å². The van der Waals surface area contributed by atoms with Gasteiger partial charge in [-0.1, -0.05) is 29.8 Å². The average molecular weight is 435 g/mol. The minimum absolute atomic E-state index is 0.0209. The van der Waals surface area contributed by atoms with Gasteiger partial charge in [0.05, 0.1) is 12.2 Å². The van der Waals surface area contributed by atoms with E-state index >= 15 is 0 Å². The SMILES string of the molecule is O=C(N1CCN(Cc2ccncc2)CC1)N1Cc2ccccc2Oc2ccc(Cl)cc21. The first kappa shape index (κ1) is 19.8. The molecule has 0 atom stereocenters. The molecule has 0 aliphatic carbocycles. The zero-order chi connectivity index (χ0) is 21.2. The maximum absolute atomic E-state index is 13.6. The fourth-order valence-corrected chi connectivity index (χ4v) is 4.25. The van der Waals surface area contributed by atoms with E-state index in [9.17, 15) is 4.79 Å². The Bertz CT molecular complexity index is 1080. The molecule has 3 heterocycles. The molecule has 3 aromatic rings. The summed E-state index contributed by atoms with van der Waals surface area (Å²) >= 11 is 6.27. The summed E-state index contributed by atoms with van der Waals surface area (Å²) in [5, 5.41) is 0.577. The molecule has 1 aromatic heterocycles. The summed E-state index contributed by atoms with van der Waals surface area (Å²) in [4.78, 5) is 23.7. The molecule has 5 rings (SSSR count). The summed E-state index contributed by atoms with van der Waals surface area (Å²) in [6, 6.07) is 17.3. The van der Waals surface area contributed by atoms with Crippen molar-refractivity contribution in [1.29, 1.82) is 0 Å². The molecule has 0 spiro atoms. The fraction of sp³-hybridized carbons (Fsp3) is 0.250. The minimum atomic E-state index is -0.0209. The highest BCUT2D eigenvalue weighted by Crippen LogP contribution is 2.40. The Balaban J connectivity index is 1.34. The average Bonchev–Trinajstić information content (AvgIpc) is 2.96. The number of nitrogens with zero attached hydrogens (tertiary/aromatic N) is 4. The van der Waals surface area contributed by atoms with E-state index in [0.717, 1.165) is 30.9 Å². The topological polar surface area (TPSA) is 48.9 Å². The molecule has 158 valence electrons. The van der Waals surface area contributed by atoms with Gasteiger partial charge in [-0.25, -0.2) is 4.79 Å². The first-order valence-electron chi connectivity index (χ1n) is 10.4. The first-order valence-corrected chi connectivity index (χ1v) is 10.8. The van der Waals surface area contributed by atoms with Crippen LogP contribution in [0, 0.1) is 0 Å². The third-order valence-corrected chi connectivity index (χ3v) is 6.00. The van der Waals surface area contributed by atoms with Gasteiger partial charge in [0.1, 0.15) is 5.75 Å². The number of benzene rings is 2. The lowest BCUT2D eigenvalue weighted by Gasteiger charge is -2.37. The predicted octanol–water partition coefficient (Wildman–Crippen LogP) is 4.79. The van der Waals surface area contributed by atoms with Gasteiger partial charge in [0, 0.05) is 55.7 Å². The number of pyridine rings is 1. The van der Waals surface area contributed by atoms with Crippen LogP contribution in [0.2, 0.25) is 5.02 Å². The maximum atomic E-state index is 13.6. The van der Waals surface area contributed by atoms with Crippen LogP contribution < -0.4 is 9.64 Å². The summed E-state index contributed by atoms with van der Waals surface area (Å²) in [5.74, 6) is 1.41. The van der Waals surface area contributed by atoms with Gasteiger partial charge in [0.15, 0.2) is 5.75 Å². The molecule has 0 radical (unpaired) electrons. The van der Waals surface area contributed by atoms with E-state index in [0.29, 0.717) is 36.1 Å². The van der Waals surface area contributed by atoms with Crippen LogP contribution in [0.3, 0.4) is 0 Å². The van der Waals surface area contributed by atoms with E-state index in [1.807, 2.05) is 59.8 Å².